The van der Waals surface area contributed by atoms with Gasteiger partial charge in [0.15, 0.2) is 5.75 Å². The Bertz CT molecular complexity index is 884. The Morgan fingerprint density at radius 3 is 2.70 bits per heavy atom. The van der Waals surface area contributed by atoms with Crippen LogP contribution in [0.3, 0.4) is 0 Å². The van der Waals surface area contributed by atoms with Gasteiger partial charge in [-0.3, -0.25) is 0 Å². The Balaban J connectivity index is 1.53. The molecule has 3 aromatic rings. The van der Waals surface area contributed by atoms with Gasteiger partial charge in [0.2, 0.25) is 5.95 Å². The van der Waals surface area contributed by atoms with Crippen LogP contribution in [0, 0.1) is 5.92 Å². The van der Waals surface area contributed by atoms with Crippen LogP contribution in [0.1, 0.15) is 19.8 Å². The SMILES string of the molecule is CC1CCCN(c2ccnc(Nc3ccccc3Oc3ccccc3)n2)C1. The van der Waals surface area contributed by atoms with Crippen molar-refractivity contribution >= 4 is 17.5 Å². The van der Waals surface area contributed by atoms with Crippen molar-refractivity contribution in [3.05, 3.63) is 66.9 Å². The summed E-state index contributed by atoms with van der Waals surface area (Å²) in [5.41, 5.74) is 0.838. The van der Waals surface area contributed by atoms with Gasteiger partial charge in [-0.25, -0.2) is 4.98 Å². The first kappa shape index (κ1) is 17.3. The van der Waals surface area contributed by atoms with Gasteiger partial charge < -0.3 is 15.0 Å². The normalized spacial score (nSPS) is 16.8. The minimum atomic E-state index is 0.579. The molecule has 0 saturated carbocycles. The molecule has 0 aliphatic carbocycles. The van der Waals surface area contributed by atoms with Gasteiger partial charge in [0.25, 0.3) is 0 Å². The van der Waals surface area contributed by atoms with Crippen molar-refractivity contribution < 1.29 is 4.74 Å². The van der Waals surface area contributed by atoms with Gasteiger partial charge in [-0.1, -0.05) is 37.3 Å². The highest BCUT2D eigenvalue weighted by atomic mass is 16.5. The Hall–Kier alpha value is -3.08. The lowest BCUT2D eigenvalue weighted by atomic mass is 10.0. The number of para-hydroxylation sites is 3. The number of anilines is 3. The molecule has 1 aliphatic rings. The number of nitrogens with zero attached hydrogens (tertiary/aromatic N) is 3. The van der Waals surface area contributed by atoms with Gasteiger partial charge in [0, 0.05) is 19.3 Å². The molecule has 2 heterocycles. The summed E-state index contributed by atoms with van der Waals surface area (Å²) < 4.78 is 6.01. The lowest BCUT2D eigenvalue weighted by Crippen LogP contribution is -2.34. The summed E-state index contributed by atoms with van der Waals surface area (Å²) in [7, 11) is 0. The summed E-state index contributed by atoms with van der Waals surface area (Å²) in [6.07, 6.45) is 4.31. The molecular weight excluding hydrogens is 336 g/mol. The molecule has 0 bridgehead atoms. The maximum absolute atomic E-state index is 6.01. The second-order valence-electron chi connectivity index (χ2n) is 6.97. The molecule has 1 fully saturated rings. The van der Waals surface area contributed by atoms with Crippen molar-refractivity contribution in [3.8, 4) is 11.5 Å². The molecule has 1 N–H and O–H groups in total. The molecule has 1 aromatic heterocycles. The van der Waals surface area contributed by atoms with E-state index in [2.05, 4.69) is 22.1 Å². The van der Waals surface area contributed by atoms with E-state index >= 15 is 0 Å². The number of rotatable bonds is 5. The van der Waals surface area contributed by atoms with E-state index in [0.29, 0.717) is 11.9 Å². The molecule has 5 heteroatoms. The first-order valence-corrected chi connectivity index (χ1v) is 9.45. The van der Waals surface area contributed by atoms with Crippen LogP contribution in [-0.2, 0) is 0 Å². The highest BCUT2D eigenvalue weighted by Crippen LogP contribution is 2.31. The smallest absolute Gasteiger partial charge is 0.229 e. The molecule has 1 unspecified atom stereocenters. The van der Waals surface area contributed by atoms with E-state index < -0.39 is 0 Å². The summed E-state index contributed by atoms with van der Waals surface area (Å²) in [6.45, 7) is 4.39. The zero-order chi connectivity index (χ0) is 18.5. The van der Waals surface area contributed by atoms with Crippen LogP contribution >= 0.6 is 0 Å². The number of hydrogen-bond acceptors (Lipinski definition) is 5. The minimum Gasteiger partial charge on any atom is -0.455 e. The fraction of sp³-hybridized carbons (Fsp3) is 0.273. The molecule has 0 amide bonds. The lowest BCUT2D eigenvalue weighted by molar-refractivity contribution is 0.444. The third kappa shape index (κ3) is 4.37. The lowest BCUT2D eigenvalue weighted by Gasteiger charge is -2.31. The predicted octanol–water partition coefficient (Wildman–Crippen LogP) is 5.25. The van der Waals surface area contributed by atoms with Crippen molar-refractivity contribution in [2.45, 2.75) is 19.8 Å². The van der Waals surface area contributed by atoms with E-state index in [9.17, 15) is 0 Å². The van der Waals surface area contributed by atoms with E-state index in [1.165, 1.54) is 12.8 Å². The molecule has 2 aromatic carbocycles. The fourth-order valence-electron chi connectivity index (χ4n) is 3.38. The molecular formula is C22H24N4O. The quantitative estimate of drug-likeness (QED) is 0.673. The van der Waals surface area contributed by atoms with Crippen molar-refractivity contribution in [2.75, 3.05) is 23.3 Å². The maximum Gasteiger partial charge on any atom is 0.229 e. The highest BCUT2D eigenvalue weighted by Gasteiger charge is 2.18. The van der Waals surface area contributed by atoms with Gasteiger partial charge in [-0.15, -0.1) is 0 Å². The van der Waals surface area contributed by atoms with Crippen molar-refractivity contribution in [3.63, 3.8) is 0 Å². The maximum atomic E-state index is 6.01. The molecule has 1 saturated heterocycles. The highest BCUT2D eigenvalue weighted by molar-refractivity contribution is 5.63. The molecule has 1 atom stereocenters. The van der Waals surface area contributed by atoms with Gasteiger partial charge in [0.05, 0.1) is 5.69 Å². The molecule has 27 heavy (non-hydrogen) atoms. The van der Waals surface area contributed by atoms with Crippen LogP contribution in [0.4, 0.5) is 17.5 Å². The van der Waals surface area contributed by atoms with E-state index in [-0.39, 0.29) is 0 Å². The molecule has 138 valence electrons. The predicted molar refractivity (Wildman–Crippen MR) is 109 cm³/mol. The average molecular weight is 360 g/mol. The van der Waals surface area contributed by atoms with Crippen molar-refractivity contribution in [1.29, 1.82) is 0 Å². The minimum absolute atomic E-state index is 0.579. The molecule has 5 nitrogen and oxygen atoms in total. The van der Waals surface area contributed by atoms with Gasteiger partial charge >= 0.3 is 0 Å². The van der Waals surface area contributed by atoms with Crippen LogP contribution in [0.15, 0.2) is 66.9 Å². The Labute approximate surface area is 160 Å². The van der Waals surface area contributed by atoms with Crippen LogP contribution in [-0.4, -0.2) is 23.1 Å². The number of ether oxygens (including phenoxy) is 1. The van der Waals surface area contributed by atoms with Crippen LogP contribution in [0.25, 0.3) is 0 Å². The summed E-state index contributed by atoms with van der Waals surface area (Å²) in [5.74, 6) is 3.79. The summed E-state index contributed by atoms with van der Waals surface area (Å²) in [6, 6.07) is 19.6. The first-order valence-electron chi connectivity index (χ1n) is 9.45. The summed E-state index contributed by atoms with van der Waals surface area (Å²) in [4.78, 5) is 11.5. The van der Waals surface area contributed by atoms with Crippen LogP contribution < -0.4 is 15.0 Å². The van der Waals surface area contributed by atoms with E-state index in [4.69, 9.17) is 9.72 Å². The molecule has 0 spiro atoms. The molecule has 1 aliphatic heterocycles. The van der Waals surface area contributed by atoms with E-state index in [1.54, 1.807) is 0 Å². The van der Waals surface area contributed by atoms with Crippen LogP contribution in [0.5, 0.6) is 11.5 Å². The number of benzene rings is 2. The third-order valence-corrected chi connectivity index (χ3v) is 4.73. The monoisotopic (exact) mass is 360 g/mol. The first-order chi connectivity index (χ1) is 13.3. The third-order valence-electron chi connectivity index (χ3n) is 4.73. The standard InChI is InChI=1S/C22H24N4O/c1-17-8-7-15-26(16-17)21-13-14-23-22(25-21)24-19-11-5-6-12-20(19)27-18-9-3-2-4-10-18/h2-6,9-14,17H,7-8,15-16H2,1H3,(H,23,24,25). The summed E-state index contributed by atoms with van der Waals surface area (Å²) in [5, 5.41) is 3.31. The number of hydrogen-bond donors (Lipinski definition) is 1. The zero-order valence-corrected chi connectivity index (χ0v) is 15.5. The zero-order valence-electron chi connectivity index (χ0n) is 15.5. The molecule has 4 rings (SSSR count). The number of piperidine rings is 1. The average Bonchev–Trinajstić information content (AvgIpc) is 2.71. The van der Waals surface area contributed by atoms with Gasteiger partial charge in [-0.2, -0.15) is 4.98 Å². The van der Waals surface area contributed by atoms with E-state index in [0.717, 1.165) is 36.1 Å². The second kappa shape index (κ2) is 8.08. The number of aromatic nitrogens is 2. The Morgan fingerprint density at radius 1 is 1.04 bits per heavy atom. The van der Waals surface area contributed by atoms with E-state index in [1.807, 2.05) is 66.9 Å². The Morgan fingerprint density at radius 2 is 1.85 bits per heavy atom. The van der Waals surface area contributed by atoms with Gasteiger partial charge in [0.1, 0.15) is 11.6 Å². The van der Waals surface area contributed by atoms with Gasteiger partial charge in [-0.05, 0) is 49.1 Å². The van der Waals surface area contributed by atoms with Crippen molar-refractivity contribution in [1.82, 2.24) is 9.97 Å². The molecule has 0 radical (unpaired) electrons. The second-order valence-corrected chi connectivity index (χ2v) is 6.97. The Kier molecular flexibility index (Phi) is 5.19. The fourth-order valence-corrected chi connectivity index (χ4v) is 3.38. The summed E-state index contributed by atoms with van der Waals surface area (Å²) >= 11 is 0. The largest absolute Gasteiger partial charge is 0.455 e. The number of nitrogens with one attached hydrogen (secondary N) is 1. The topological polar surface area (TPSA) is 50.3 Å². The van der Waals surface area contributed by atoms with Crippen LogP contribution in [0.2, 0.25) is 0 Å². The van der Waals surface area contributed by atoms with Crippen molar-refractivity contribution in [2.24, 2.45) is 5.92 Å².